The minimum Gasteiger partial charge on any atom is -0.494 e. The van der Waals surface area contributed by atoms with Gasteiger partial charge in [0.2, 0.25) is 0 Å². The molecule has 1 unspecified atom stereocenters. The van der Waals surface area contributed by atoms with E-state index in [4.69, 9.17) is 9.47 Å². The fourth-order valence-corrected chi connectivity index (χ4v) is 4.10. The number of rotatable bonds is 8. The van der Waals surface area contributed by atoms with E-state index >= 15 is 0 Å². The van der Waals surface area contributed by atoms with E-state index in [1.807, 2.05) is 43.3 Å². The third-order valence-electron chi connectivity index (χ3n) is 5.77. The second-order valence-electron chi connectivity index (χ2n) is 8.14. The second kappa shape index (κ2) is 12.6. The number of hydrogen-bond acceptors (Lipinski definition) is 4. The first-order chi connectivity index (χ1) is 17.0. The summed E-state index contributed by atoms with van der Waals surface area (Å²) >= 11 is 0. The second-order valence-corrected chi connectivity index (χ2v) is 8.14. The van der Waals surface area contributed by atoms with Gasteiger partial charge in [0.15, 0.2) is 0 Å². The van der Waals surface area contributed by atoms with E-state index in [0.29, 0.717) is 30.8 Å². The number of halogens is 1. The minimum atomic E-state index is -0.258. The van der Waals surface area contributed by atoms with Crippen LogP contribution in [0, 0.1) is 18.2 Å². The van der Waals surface area contributed by atoms with Crippen LogP contribution in [0.3, 0.4) is 0 Å². The number of carbonyl (C=O) groups excluding carboxylic acids is 1. The number of benzene rings is 3. The third kappa shape index (κ3) is 6.86. The summed E-state index contributed by atoms with van der Waals surface area (Å²) in [5, 5.41) is 0. The maximum absolute atomic E-state index is 14.5. The molecule has 0 saturated heterocycles. The van der Waals surface area contributed by atoms with E-state index in [0.717, 1.165) is 35.3 Å². The predicted molar refractivity (Wildman–Crippen MR) is 136 cm³/mol. The minimum absolute atomic E-state index is 0.0282. The molecule has 0 aliphatic heterocycles. The fourth-order valence-electron chi connectivity index (χ4n) is 4.10. The fraction of sp³-hybridized carbons (Fsp3) is 0.300. The molecule has 0 spiro atoms. The summed E-state index contributed by atoms with van der Waals surface area (Å²) in [7, 11) is 1.40. The summed E-state index contributed by atoms with van der Waals surface area (Å²) in [6.45, 7) is 4.11. The zero-order chi connectivity index (χ0) is 25.2. The van der Waals surface area contributed by atoms with Crippen molar-refractivity contribution in [1.82, 2.24) is 0 Å². The van der Waals surface area contributed by atoms with E-state index in [9.17, 15) is 9.18 Å². The molecule has 0 radical (unpaired) electrons. The molecule has 0 saturated carbocycles. The van der Waals surface area contributed by atoms with Gasteiger partial charge in [-0.15, -0.1) is 12.3 Å². The molecule has 4 rings (SSSR count). The molecule has 0 heterocycles. The van der Waals surface area contributed by atoms with E-state index in [-0.39, 0.29) is 17.9 Å². The van der Waals surface area contributed by atoms with Crippen molar-refractivity contribution < 1.29 is 23.4 Å². The Balaban J connectivity index is 0.00000108. The highest BCUT2D eigenvalue weighted by molar-refractivity contribution is 5.69. The van der Waals surface area contributed by atoms with Gasteiger partial charge in [0.05, 0.1) is 13.7 Å². The van der Waals surface area contributed by atoms with Gasteiger partial charge in [0.25, 0.3) is 0 Å². The molecule has 4 nitrogen and oxygen atoms in total. The summed E-state index contributed by atoms with van der Waals surface area (Å²) in [4.78, 5) is 11.3. The Morgan fingerprint density at radius 1 is 1.09 bits per heavy atom. The van der Waals surface area contributed by atoms with Crippen molar-refractivity contribution in [1.29, 1.82) is 0 Å². The zero-order valence-corrected chi connectivity index (χ0v) is 20.5. The summed E-state index contributed by atoms with van der Waals surface area (Å²) in [5.74, 6) is 3.24. The first kappa shape index (κ1) is 25.8. The quantitative estimate of drug-likeness (QED) is 0.269. The van der Waals surface area contributed by atoms with Gasteiger partial charge in [0, 0.05) is 12.0 Å². The standard InChI is InChI=1S/C27H27FO4.C3H4/c1-3-31-22-11-13-25(28)24(17-22)20-7-12-23-19(16-20)8-14-26(23)32-21-9-4-18(5-10-21)6-15-27(29)30-2;1-3-2/h4-5,7,9-13,16-17,26H,3,6,8,14-15H2,1-2H3;1H,2H3. The van der Waals surface area contributed by atoms with Crippen molar-refractivity contribution in [3.05, 3.63) is 83.2 Å². The largest absolute Gasteiger partial charge is 0.494 e. The van der Waals surface area contributed by atoms with Crippen molar-refractivity contribution >= 4 is 5.97 Å². The van der Waals surface area contributed by atoms with E-state index in [2.05, 4.69) is 23.1 Å². The Kier molecular flexibility index (Phi) is 9.31. The molecule has 1 aliphatic rings. The molecule has 35 heavy (non-hydrogen) atoms. The van der Waals surface area contributed by atoms with Crippen LogP contribution in [0.4, 0.5) is 4.39 Å². The highest BCUT2D eigenvalue weighted by Crippen LogP contribution is 2.38. The number of carbonyl (C=O) groups is 1. The van der Waals surface area contributed by atoms with Crippen LogP contribution in [-0.2, 0) is 22.4 Å². The number of methoxy groups -OCH3 is 1. The summed E-state index contributed by atoms with van der Waals surface area (Å²) in [5.41, 5.74) is 4.79. The lowest BCUT2D eigenvalue weighted by Gasteiger charge is -2.16. The average Bonchev–Trinajstić information content (AvgIpc) is 3.27. The maximum Gasteiger partial charge on any atom is 0.305 e. The lowest BCUT2D eigenvalue weighted by Crippen LogP contribution is -2.04. The summed E-state index contributed by atoms with van der Waals surface area (Å²) in [6.07, 6.45) is 7.34. The van der Waals surface area contributed by atoms with Gasteiger partial charge >= 0.3 is 5.97 Å². The first-order valence-electron chi connectivity index (χ1n) is 11.7. The highest BCUT2D eigenvalue weighted by Gasteiger charge is 2.25. The molecule has 0 bridgehead atoms. The smallest absolute Gasteiger partial charge is 0.305 e. The highest BCUT2D eigenvalue weighted by atomic mass is 19.1. The van der Waals surface area contributed by atoms with Gasteiger partial charge in [-0.1, -0.05) is 30.3 Å². The van der Waals surface area contributed by atoms with Crippen LogP contribution in [0.1, 0.15) is 49.5 Å². The van der Waals surface area contributed by atoms with Crippen LogP contribution in [-0.4, -0.2) is 19.7 Å². The molecule has 5 heteroatoms. The van der Waals surface area contributed by atoms with Crippen LogP contribution < -0.4 is 9.47 Å². The molecule has 1 aliphatic carbocycles. The van der Waals surface area contributed by atoms with Gasteiger partial charge in [-0.05, 0) is 85.7 Å². The van der Waals surface area contributed by atoms with Crippen LogP contribution in [0.2, 0.25) is 0 Å². The SMILES string of the molecule is C#CC.CCOc1ccc(F)c(-c2ccc3c(c2)CCC3Oc2ccc(CCC(=O)OC)cc2)c1. The lowest BCUT2D eigenvalue weighted by molar-refractivity contribution is -0.140. The van der Waals surface area contributed by atoms with Crippen LogP contribution in [0.25, 0.3) is 11.1 Å². The van der Waals surface area contributed by atoms with Crippen molar-refractivity contribution in [2.45, 2.75) is 45.6 Å². The third-order valence-corrected chi connectivity index (χ3v) is 5.77. The Morgan fingerprint density at radius 3 is 2.49 bits per heavy atom. The monoisotopic (exact) mass is 474 g/mol. The molecule has 182 valence electrons. The zero-order valence-electron chi connectivity index (χ0n) is 20.5. The van der Waals surface area contributed by atoms with Gasteiger partial charge in [0.1, 0.15) is 23.4 Å². The molecular weight excluding hydrogens is 443 g/mol. The molecule has 0 amide bonds. The van der Waals surface area contributed by atoms with Crippen LogP contribution in [0.5, 0.6) is 11.5 Å². The molecular formula is C30H31FO4. The molecule has 1 atom stereocenters. The predicted octanol–water partition coefficient (Wildman–Crippen LogP) is 6.70. The Bertz CT molecular complexity index is 1180. The Hall–Kier alpha value is -3.78. The van der Waals surface area contributed by atoms with Crippen molar-refractivity contribution in [3.8, 4) is 35.0 Å². The molecule has 0 N–H and O–H groups in total. The van der Waals surface area contributed by atoms with Crippen LogP contribution in [0.15, 0.2) is 60.7 Å². The van der Waals surface area contributed by atoms with E-state index in [1.54, 1.807) is 19.1 Å². The molecule has 0 fully saturated rings. The lowest BCUT2D eigenvalue weighted by atomic mass is 9.99. The van der Waals surface area contributed by atoms with Crippen LogP contribution >= 0.6 is 0 Å². The van der Waals surface area contributed by atoms with Gasteiger partial charge < -0.3 is 14.2 Å². The van der Waals surface area contributed by atoms with Gasteiger partial charge in [-0.2, -0.15) is 0 Å². The maximum atomic E-state index is 14.5. The average molecular weight is 475 g/mol. The topological polar surface area (TPSA) is 44.8 Å². The van der Waals surface area contributed by atoms with Gasteiger partial charge in [-0.25, -0.2) is 4.39 Å². The van der Waals surface area contributed by atoms with Crippen molar-refractivity contribution in [2.75, 3.05) is 13.7 Å². The van der Waals surface area contributed by atoms with Crippen molar-refractivity contribution in [3.63, 3.8) is 0 Å². The Labute approximate surface area is 207 Å². The number of fused-ring (bicyclic) bond motifs is 1. The molecule has 3 aromatic carbocycles. The summed E-state index contributed by atoms with van der Waals surface area (Å²) in [6, 6.07) is 18.7. The number of ether oxygens (including phenoxy) is 3. The number of terminal acetylenes is 1. The van der Waals surface area contributed by atoms with E-state index in [1.165, 1.54) is 18.7 Å². The first-order valence-corrected chi connectivity index (χ1v) is 11.7. The van der Waals surface area contributed by atoms with Gasteiger partial charge in [-0.3, -0.25) is 4.79 Å². The molecule has 3 aromatic rings. The number of aryl methyl sites for hydroxylation is 2. The van der Waals surface area contributed by atoms with Crippen molar-refractivity contribution in [2.24, 2.45) is 0 Å². The summed E-state index contributed by atoms with van der Waals surface area (Å²) < 4.78 is 30.9. The number of hydrogen-bond donors (Lipinski definition) is 0. The number of esters is 1. The normalized spacial score (nSPS) is 13.6. The van der Waals surface area contributed by atoms with E-state index < -0.39 is 0 Å². The Morgan fingerprint density at radius 2 is 1.80 bits per heavy atom. The molecule has 0 aromatic heterocycles.